The Bertz CT molecular complexity index is 586. The van der Waals surface area contributed by atoms with Crippen LogP contribution in [0.1, 0.15) is 65.2 Å². The number of halogens is 1. The minimum Gasteiger partial charge on any atom is -0.469 e. The molecule has 0 aromatic heterocycles. The van der Waals surface area contributed by atoms with E-state index < -0.39 is 11.6 Å². The van der Waals surface area contributed by atoms with Crippen LogP contribution < -0.4 is 0 Å². The molecular formula is C21H31FO2. The maximum absolute atomic E-state index is 15.4. The minimum absolute atomic E-state index is 0.0549. The highest BCUT2D eigenvalue weighted by Crippen LogP contribution is 2.72. The molecule has 134 valence electrons. The second-order valence-corrected chi connectivity index (χ2v) is 9.56. The molecule has 2 bridgehead atoms. The van der Waals surface area contributed by atoms with Crippen LogP contribution in [0.3, 0.4) is 0 Å². The van der Waals surface area contributed by atoms with E-state index in [0.717, 1.165) is 56.9 Å². The van der Waals surface area contributed by atoms with Crippen molar-refractivity contribution < 1.29 is 13.9 Å². The van der Waals surface area contributed by atoms with Crippen LogP contribution in [0.4, 0.5) is 4.39 Å². The molecule has 3 heteroatoms. The molecule has 0 heterocycles. The van der Waals surface area contributed by atoms with Crippen LogP contribution in [0.5, 0.6) is 0 Å². The molecule has 7 atom stereocenters. The number of methoxy groups -OCH3 is 1. The molecule has 2 nitrogen and oxygen atoms in total. The van der Waals surface area contributed by atoms with Crippen LogP contribution in [0, 0.1) is 34.0 Å². The molecule has 4 aliphatic carbocycles. The van der Waals surface area contributed by atoms with Gasteiger partial charge < -0.3 is 4.74 Å². The third-order valence-corrected chi connectivity index (χ3v) is 8.80. The Morgan fingerprint density at radius 1 is 1.17 bits per heavy atom. The summed E-state index contributed by atoms with van der Waals surface area (Å²) in [7, 11) is 1.51. The summed E-state index contributed by atoms with van der Waals surface area (Å²) in [4.78, 5) is 12.6. The van der Waals surface area contributed by atoms with E-state index >= 15 is 4.39 Å². The number of hydrogen-bond acceptors (Lipinski definition) is 2. The van der Waals surface area contributed by atoms with Gasteiger partial charge in [0.25, 0.3) is 0 Å². The van der Waals surface area contributed by atoms with Gasteiger partial charge >= 0.3 is 5.97 Å². The molecule has 1 spiro atoms. The lowest BCUT2D eigenvalue weighted by atomic mass is 9.41. The van der Waals surface area contributed by atoms with Gasteiger partial charge in [-0.05, 0) is 80.6 Å². The van der Waals surface area contributed by atoms with Crippen LogP contribution in [0.15, 0.2) is 12.2 Å². The molecule has 4 aliphatic rings. The largest absolute Gasteiger partial charge is 0.469 e. The van der Waals surface area contributed by atoms with Crippen molar-refractivity contribution in [3.8, 4) is 0 Å². The second-order valence-electron chi connectivity index (χ2n) is 9.56. The van der Waals surface area contributed by atoms with Crippen molar-refractivity contribution in [2.45, 2.75) is 71.4 Å². The predicted octanol–water partition coefficient (Wildman–Crippen LogP) is 5.08. The van der Waals surface area contributed by atoms with Gasteiger partial charge in [-0.25, -0.2) is 4.39 Å². The quantitative estimate of drug-likeness (QED) is 0.494. The number of carbonyl (C=O) groups is 1. The van der Waals surface area contributed by atoms with E-state index in [9.17, 15) is 4.79 Å². The van der Waals surface area contributed by atoms with Gasteiger partial charge in [0.15, 0.2) is 0 Å². The van der Waals surface area contributed by atoms with Gasteiger partial charge in [0.2, 0.25) is 0 Å². The molecule has 4 rings (SSSR count). The number of rotatable bonds is 1. The highest BCUT2D eigenvalue weighted by molar-refractivity contribution is 5.77. The number of alkyl halides is 1. The van der Waals surface area contributed by atoms with Crippen molar-refractivity contribution in [3.05, 3.63) is 12.2 Å². The highest BCUT2D eigenvalue weighted by Gasteiger charge is 2.68. The van der Waals surface area contributed by atoms with Crippen molar-refractivity contribution >= 4 is 5.97 Å². The van der Waals surface area contributed by atoms with E-state index in [-0.39, 0.29) is 16.8 Å². The number of carbonyl (C=O) groups excluding carboxylic acids is 1. The molecule has 4 saturated carbocycles. The zero-order chi connectivity index (χ0) is 17.3. The molecule has 0 amide bonds. The summed E-state index contributed by atoms with van der Waals surface area (Å²) in [6.07, 6.45) is 7.31. The molecule has 4 fully saturated rings. The minimum atomic E-state index is -0.834. The summed E-state index contributed by atoms with van der Waals surface area (Å²) >= 11 is 0. The average molecular weight is 334 g/mol. The zero-order valence-electron chi connectivity index (χ0n) is 15.4. The molecule has 0 N–H and O–H groups in total. The van der Waals surface area contributed by atoms with E-state index in [2.05, 4.69) is 20.4 Å². The lowest BCUT2D eigenvalue weighted by molar-refractivity contribution is -0.188. The summed E-state index contributed by atoms with van der Waals surface area (Å²) in [6.45, 7) is 8.57. The summed E-state index contributed by atoms with van der Waals surface area (Å²) in [5.74, 6) is 1.04. The summed E-state index contributed by atoms with van der Waals surface area (Å²) < 4.78 is 20.5. The Labute approximate surface area is 145 Å². The van der Waals surface area contributed by atoms with Crippen molar-refractivity contribution in [1.82, 2.24) is 0 Å². The first-order chi connectivity index (χ1) is 11.3. The van der Waals surface area contributed by atoms with E-state index in [1.54, 1.807) is 0 Å². The van der Waals surface area contributed by atoms with Gasteiger partial charge in [-0.15, -0.1) is 0 Å². The van der Waals surface area contributed by atoms with Crippen LogP contribution in [-0.4, -0.2) is 19.3 Å². The second kappa shape index (κ2) is 5.08. The monoisotopic (exact) mass is 334 g/mol. The number of ether oxygens (including phenoxy) is 1. The van der Waals surface area contributed by atoms with Crippen LogP contribution in [0.2, 0.25) is 0 Å². The summed E-state index contributed by atoms with van der Waals surface area (Å²) in [5.41, 5.74) is 0.326. The maximum Gasteiger partial charge on any atom is 0.311 e. The van der Waals surface area contributed by atoms with Crippen molar-refractivity contribution in [1.29, 1.82) is 0 Å². The third kappa shape index (κ3) is 1.79. The number of allylic oxidation sites excluding steroid dienone is 1. The standard InChI is InChI=1S/C21H31FO2/c1-13-14-6-7-16-19(2)9-5-10-20(3,18(23)24-4)15(19)8-11-21(16,12-14)17(13)22/h14-17H,1,5-12H2,2-4H3/t14-,15?,16?,17-,19+,20+,21+/m0/s1. The van der Waals surface area contributed by atoms with Crippen LogP contribution >= 0.6 is 0 Å². The fourth-order valence-electron chi connectivity index (χ4n) is 7.79. The normalized spacial score (nSPS) is 53.2. The van der Waals surface area contributed by atoms with Crippen LogP contribution in [0.25, 0.3) is 0 Å². The topological polar surface area (TPSA) is 26.3 Å². The smallest absolute Gasteiger partial charge is 0.311 e. The zero-order valence-corrected chi connectivity index (χ0v) is 15.4. The molecule has 0 saturated heterocycles. The lowest BCUT2D eigenvalue weighted by Crippen LogP contribution is -2.59. The first-order valence-corrected chi connectivity index (χ1v) is 9.71. The first kappa shape index (κ1) is 16.6. The van der Waals surface area contributed by atoms with Gasteiger partial charge in [0, 0.05) is 5.41 Å². The molecule has 24 heavy (non-hydrogen) atoms. The van der Waals surface area contributed by atoms with E-state index in [1.165, 1.54) is 7.11 Å². The first-order valence-electron chi connectivity index (χ1n) is 9.71. The Morgan fingerprint density at radius 2 is 1.92 bits per heavy atom. The van der Waals surface area contributed by atoms with Gasteiger partial charge in [0.1, 0.15) is 6.17 Å². The van der Waals surface area contributed by atoms with Gasteiger partial charge in [0.05, 0.1) is 12.5 Å². The Hall–Kier alpha value is -0.860. The lowest BCUT2D eigenvalue weighted by Gasteiger charge is -2.63. The van der Waals surface area contributed by atoms with E-state index in [1.807, 2.05) is 0 Å². The van der Waals surface area contributed by atoms with Crippen molar-refractivity contribution in [2.24, 2.45) is 34.0 Å². The Kier molecular flexibility index (Phi) is 3.51. The third-order valence-electron chi connectivity index (χ3n) is 8.80. The molecule has 0 aromatic rings. The number of hydrogen-bond donors (Lipinski definition) is 0. The summed E-state index contributed by atoms with van der Waals surface area (Å²) in [5, 5.41) is 0. The fraction of sp³-hybridized carbons (Fsp3) is 0.857. The predicted molar refractivity (Wildman–Crippen MR) is 92.1 cm³/mol. The Morgan fingerprint density at radius 3 is 2.62 bits per heavy atom. The van der Waals surface area contributed by atoms with Gasteiger partial charge in [-0.1, -0.05) is 19.9 Å². The molecule has 0 aliphatic heterocycles. The SMILES string of the molecule is C=C1[C@H]2CCC3[C@]4(C)CCC[C@@](C)(C(=O)OC)C4CC[C@]3(C2)[C@H]1F. The van der Waals surface area contributed by atoms with E-state index in [4.69, 9.17) is 4.74 Å². The molecule has 2 unspecified atom stereocenters. The average Bonchev–Trinajstić information content (AvgIpc) is 2.74. The molecule has 0 radical (unpaired) electrons. The van der Waals surface area contributed by atoms with E-state index in [0.29, 0.717) is 17.8 Å². The number of esters is 1. The highest BCUT2D eigenvalue weighted by atomic mass is 19.1. The molecule has 0 aromatic carbocycles. The van der Waals surface area contributed by atoms with Gasteiger partial charge in [-0.2, -0.15) is 0 Å². The summed E-state index contributed by atoms with van der Waals surface area (Å²) in [6, 6.07) is 0. The molecular weight excluding hydrogens is 303 g/mol. The number of fused-ring (bicyclic) bond motifs is 3. The van der Waals surface area contributed by atoms with Crippen molar-refractivity contribution in [2.75, 3.05) is 7.11 Å². The fourth-order valence-corrected chi connectivity index (χ4v) is 7.79. The maximum atomic E-state index is 15.4. The van der Waals surface area contributed by atoms with Crippen LogP contribution in [-0.2, 0) is 9.53 Å². The Balaban J connectivity index is 1.76. The van der Waals surface area contributed by atoms with Gasteiger partial charge in [-0.3, -0.25) is 4.79 Å². The van der Waals surface area contributed by atoms with Crippen molar-refractivity contribution in [3.63, 3.8) is 0 Å².